The molecule has 194 valence electrons. The molecular formula is C28H37N3O4S. The molecule has 2 aliphatic heterocycles. The second-order valence-electron chi connectivity index (χ2n) is 11.5. The molecule has 6 atom stereocenters. The lowest BCUT2D eigenvalue weighted by Gasteiger charge is -2.37. The first kappa shape index (κ1) is 24.1. The molecule has 36 heavy (non-hydrogen) atoms. The molecule has 1 aromatic rings. The van der Waals surface area contributed by atoms with Gasteiger partial charge in [-0.2, -0.15) is 0 Å². The van der Waals surface area contributed by atoms with E-state index in [0.717, 1.165) is 68.6 Å². The quantitative estimate of drug-likeness (QED) is 0.477. The third-order valence-corrected chi connectivity index (χ3v) is 10.1. The largest absolute Gasteiger partial charge is 0.449 e. The van der Waals surface area contributed by atoms with Crippen molar-refractivity contribution in [1.82, 2.24) is 9.80 Å². The topological polar surface area (TPSA) is 70.2 Å². The van der Waals surface area contributed by atoms with Crippen LogP contribution in [-0.2, 0) is 14.3 Å². The number of rotatable bonds is 5. The summed E-state index contributed by atoms with van der Waals surface area (Å²) >= 11 is 4.56. The summed E-state index contributed by atoms with van der Waals surface area (Å²) in [6.07, 6.45) is 7.22. The van der Waals surface area contributed by atoms with Crippen LogP contribution in [0.25, 0.3) is 0 Å². The summed E-state index contributed by atoms with van der Waals surface area (Å²) in [5, 5.41) is 0. The van der Waals surface area contributed by atoms with Gasteiger partial charge in [-0.1, -0.05) is 25.0 Å². The molecule has 0 spiro atoms. The van der Waals surface area contributed by atoms with E-state index in [-0.39, 0.29) is 41.6 Å². The Labute approximate surface area is 218 Å². The zero-order chi connectivity index (χ0) is 24.8. The van der Waals surface area contributed by atoms with Gasteiger partial charge in [0, 0.05) is 37.6 Å². The molecule has 8 heteroatoms. The lowest BCUT2D eigenvalue weighted by molar-refractivity contribution is -0.142. The van der Waals surface area contributed by atoms with E-state index in [9.17, 15) is 14.4 Å². The number of imide groups is 1. The second-order valence-corrected chi connectivity index (χ2v) is 12.0. The van der Waals surface area contributed by atoms with Gasteiger partial charge in [0.05, 0.1) is 24.1 Å². The maximum atomic E-state index is 13.2. The van der Waals surface area contributed by atoms with Gasteiger partial charge < -0.3 is 14.5 Å². The maximum absolute atomic E-state index is 13.2. The molecule has 5 fully saturated rings. The number of likely N-dealkylation sites (tertiary alicyclic amines) is 1. The van der Waals surface area contributed by atoms with Crippen LogP contribution in [0, 0.1) is 35.5 Å². The van der Waals surface area contributed by atoms with E-state index < -0.39 is 0 Å². The van der Waals surface area contributed by atoms with Gasteiger partial charge in [-0.3, -0.25) is 14.5 Å². The van der Waals surface area contributed by atoms with Gasteiger partial charge in [-0.25, -0.2) is 4.79 Å². The number of para-hydroxylation sites is 1. The van der Waals surface area contributed by atoms with Crippen molar-refractivity contribution in [3.05, 3.63) is 24.3 Å². The number of amides is 3. The van der Waals surface area contributed by atoms with Crippen LogP contribution in [-0.4, -0.2) is 67.0 Å². The highest BCUT2D eigenvalue weighted by atomic mass is 32.1. The molecule has 7 nitrogen and oxygen atoms in total. The van der Waals surface area contributed by atoms with Crippen molar-refractivity contribution in [2.45, 2.75) is 49.8 Å². The summed E-state index contributed by atoms with van der Waals surface area (Å²) < 4.78 is 5.82. The Balaban J connectivity index is 1.02. The number of carbonyl (C=O) groups is 3. The van der Waals surface area contributed by atoms with Crippen molar-refractivity contribution in [2.75, 3.05) is 44.2 Å². The van der Waals surface area contributed by atoms with Crippen LogP contribution >= 0.6 is 12.6 Å². The SMILES string of the molecule is O=C(OC[C@@H]1CCCC[C@H]1CN1C(=O)[C@@H]2[C@H]3CC[C@H](C3)[C@@H]2C1=O)N1CCN(c2ccccc2S)CC1. The Kier molecular flexibility index (Phi) is 6.65. The number of fused-ring (bicyclic) bond motifs is 5. The van der Waals surface area contributed by atoms with Crippen molar-refractivity contribution in [2.24, 2.45) is 35.5 Å². The zero-order valence-corrected chi connectivity index (χ0v) is 21.8. The van der Waals surface area contributed by atoms with Crippen LogP contribution in [0.15, 0.2) is 29.2 Å². The van der Waals surface area contributed by atoms with E-state index in [1.165, 1.54) is 0 Å². The van der Waals surface area contributed by atoms with Gasteiger partial charge in [0.15, 0.2) is 0 Å². The third-order valence-electron chi connectivity index (χ3n) is 9.68. The highest BCUT2D eigenvalue weighted by Gasteiger charge is 2.61. The lowest BCUT2D eigenvalue weighted by atomic mass is 9.79. The lowest BCUT2D eigenvalue weighted by Crippen LogP contribution is -2.49. The summed E-state index contributed by atoms with van der Waals surface area (Å²) in [5.74, 6) is 1.34. The average Bonchev–Trinajstić information content (AvgIpc) is 3.59. The summed E-state index contributed by atoms with van der Waals surface area (Å²) in [6, 6.07) is 8.03. The standard InChI is InChI=1S/C28H37N3O4S/c32-26-24-18-9-10-19(15-18)25(24)27(33)31(26)16-20-5-1-2-6-21(20)17-35-28(34)30-13-11-29(12-14-30)22-7-3-4-8-23(22)36/h3-4,7-8,18-21,24-25,36H,1-2,5-6,9-17H2/t18-,19+,20-,21-,24+,25-/m0/s1. The first-order chi connectivity index (χ1) is 17.5. The molecule has 5 aliphatic rings. The van der Waals surface area contributed by atoms with Crippen LogP contribution in [0.1, 0.15) is 44.9 Å². The van der Waals surface area contributed by atoms with Crippen molar-refractivity contribution in [3.8, 4) is 0 Å². The molecule has 2 saturated heterocycles. The van der Waals surface area contributed by atoms with Gasteiger partial charge in [-0.05, 0) is 67.9 Å². The van der Waals surface area contributed by atoms with E-state index in [0.29, 0.717) is 38.1 Å². The predicted molar refractivity (Wildman–Crippen MR) is 139 cm³/mol. The van der Waals surface area contributed by atoms with E-state index in [1.54, 1.807) is 9.80 Å². The molecule has 6 rings (SSSR count). The molecule has 3 aliphatic carbocycles. The molecule has 0 unspecified atom stereocenters. The molecule has 3 amide bonds. The number of piperazine rings is 1. The number of carbonyl (C=O) groups excluding carboxylic acids is 3. The van der Waals surface area contributed by atoms with Gasteiger partial charge in [0.2, 0.25) is 11.8 Å². The Morgan fingerprint density at radius 3 is 2.19 bits per heavy atom. The fourth-order valence-electron chi connectivity index (χ4n) is 7.76. The van der Waals surface area contributed by atoms with Crippen LogP contribution in [0.4, 0.5) is 10.5 Å². The summed E-state index contributed by atoms with van der Waals surface area (Å²) in [6.45, 7) is 3.63. The Hall–Kier alpha value is -2.22. The number of benzene rings is 1. The smallest absolute Gasteiger partial charge is 0.409 e. The van der Waals surface area contributed by atoms with Crippen LogP contribution in [0.3, 0.4) is 0 Å². The first-order valence-electron chi connectivity index (χ1n) is 13.8. The molecule has 2 heterocycles. The Morgan fingerprint density at radius 1 is 0.889 bits per heavy atom. The van der Waals surface area contributed by atoms with E-state index in [2.05, 4.69) is 23.6 Å². The zero-order valence-electron chi connectivity index (χ0n) is 20.9. The summed E-state index contributed by atoms with van der Waals surface area (Å²) in [4.78, 5) is 45.9. The summed E-state index contributed by atoms with van der Waals surface area (Å²) in [5.41, 5.74) is 1.10. The van der Waals surface area contributed by atoms with Crippen molar-refractivity contribution >= 4 is 36.2 Å². The second kappa shape index (κ2) is 9.92. The minimum absolute atomic E-state index is 0.0516. The predicted octanol–water partition coefficient (Wildman–Crippen LogP) is 4.07. The van der Waals surface area contributed by atoms with Crippen molar-refractivity contribution in [1.29, 1.82) is 0 Å². The summed E-state index contributed by atoms with van der Waals surface area (Å²) in [7, 11) is 0. The Bertz CT molecular complexity index is 998. The molecular weight excluding hydrogens is 474 g/mol. The first-order valence-corrected chi connectivity index (χ1v) is 14.3. The normalized spacial score (nSPS) is 33.9. The van der Waals surface area contributed by atoms with Gasteiger partial charge in [0.1, 0.15) is 0 Å². The minimum atomic E-state index is -0.252. The molecule has 3 saturated carbocycles. The van der Waals surface area contributed by atoms with Crippen LogP contribution < -0.4 is 4.90 Å². The fraction of sp³-hybridized carbons (Fsp3) is 0.679. The molecule has 2 bridgehead atoms. The number of nitrogens with zero attached hydrogens (tertiary/aromatic N) is 3. The van der Waals surface area contributed by atoms with Crippen LogP contribution in [0.5, 0.6) is 0 Å². The highest BCUT2D eigenvalue weighted by molar-refractivity contribution is 7.80. The van der Waals surface area contributed by atoms with E-state index in [4.69, 9.17) is 4.74 Å². The van der Waals surface area contributed by atoms with E-state index >= 15 is 0 Å². The number of anilines is 1. The van der Waals surface area contributed by atoms with Crippen molar-refractivity contribution in [3.63, 3.8) is 0 Å². The number of hydrogen-bond donors (Lipinski definition) is 1. The monoisotopic (exact) mass is 511 g/mol. The number of hydrogen-bond acceptors (Lipinski definition) is 6. The number of thiol groups is 1. The molecule has 1 aromatic carbocycles. The van der Waals surface area contributed by atoms with Crippen molar-refractivity contribution < 1.29 is 19.1 Å². The van der Waals surface area contributed by atoms with Gasteiger partial charge >= 0.3 is 6.09 Å². The average molecular weight is 512 g/mol. The highest BCUT2D eigenvalue weighted by Crippen LogP contribution is 2.56. The number of ether oxygens (including phenoxy) is 1. The Morgan fingerprint density at radius 2 is 1.53 bits per heavy atom. The fourth-order valence-corrected chi connectivity index (χ4v) is 8.06. The maximum Gasteiger partial charge on any atom is 0.409 e. The van der Waals surface area contributed by atoms with E-state index in [1.807, 2.05) is 18.2 Å². The molecule has 0 aromatic heterocycles. The molecule has 0 N–H and O–H groups in total. The van der Waals surface area contributed by atoms with Gasteiger partial charge in [-0.15, -0.1) is 12.6 Å². The van der Waals surface area contributed by atoms with Crippen LogP contribution in [0.2, 0.25) is 0 Å². The minimum Gasteiger partial charge on any atom is -0.449 e. The molecule has 0 radical (unpaired) electrons. The third kappa shape index (κ3) is 4.29. The van der Waals surface area contributed by atoms with Gasteiger partial charge in [0.25, 0.3) is 0 Å².